The SMILES string of the molecule is COc1cc2cc(OC)c1OCCCOC/C=C/COC(=O)[C@@H]1CCCCN1C(=O)[C@H]2C1CCCCC1. The van der Waals surface area contributed by atoms with Gasteiger partial charge in [0.15, 0.2) is 11.5 Å². The minimum Gasteiger partial charge on any atom is -0.493 e. The van der Waals surface area contributed by atoms with Gasteiger partial charge in [0.05, 0.1) is 40.0 Å². The Hall–Kier alpha value is -2.74. The van der Waals surface area contributed by atoms with Gasteiger partial charge in [0.2, 0.25) is 11.7 Å². The van der Waals surface area contributed by atoms with Crippen molar-refractivity contribution in [3.8, 4) is 17.2 Å². The number of ether oxygens (including phenoxy) is 5. The van der Waals surface area contributed by atoms with Crippen LogP contribution < -0.4 is 14.2 Å². The average molecular weight is 516 g/mol. The molecule has 2 fully saturated rings. The number of carbonyl (C=O) groups excluding carboxylic acids is 2. The number of amides is 1. The summed E-state index contributed by atoms with van der Waals surface area (Å²) in [5.41, 5.74) is 0.847. The third-order valence-corrected chi connectivity index (χ3v) is 7.67. The number of carbonyl (C=O) groups is 2. The molecule has 3 heterocycles. The molecule has 2 atom stereocenters. The van der Waals surface area contributed by atoms with Gasteiger partial charge >= 0.3 is 5.97 Å². The fourth-order valence-electron chi connectivity index (χ4n) is 5.77. The summed E-state index contributed by atoms with van der Waals surface area (Å²) < 4.78 is 28.7. The first kappa shape index (κ1) is 27.3. The van der Waals surface area contributed by atoms with Crippen molar-refractivity contribution in [2.45, 2.75) is 69.7 Å². The molecule has 8 heteroatoms. The summed E-state index contributed by atoms with van der Waals surface area (Å²) in [6, 6.07) is 3.27. The van der Waals surface area contributed by atoms with Gasteiger partial charge in [-0.2, -0.15) is 0 Å². The molecule has 0 aromatic heterocycles. The van der Waals surface area contributed by atoms with E-state index in [1.165, 1.54) is 6.42 Å². The lowest BCUT2D eigenvalue weighted by atomic mass is 9.75. The first-order chi connectivity index (χ1) is 18.1. The molecule has 0 N–H and O–H groups in total. The molecule has 0 spiro atoms. The Kier molecular flexibility index (Phi) is 10.1. The summed E-state index contributed by atoms with van der Waals surface area (Å²) >= 11 is 0. The molecular weight excluding hydrogens is 474 g/mol. The molecule has 1 aromatic carbocycles. The molecule has 4 aliphatic rings. The van der Waals surface area contributed by atoms with Crippen LogP contribution in [0.5, 0.6) is 17.2 Å². The van der Waals surface area contributed by atoms with Crippen LogP contribution >= 0.6 is 0 Å². The van der Waals surface area contributed by atoms with Crippen LogP contribution in [-0.2, 0) is 19.1 Å². The van der Waals surface area contributed by atoms with Crippen LogP contribution in [0.2, 0.25) is 0 Å². The highest BCUT2D eigenvalue weighted by Gasteiger charge is 2.40. The van der Waals surface area contributed by atoms with E-state index in [4.69, 9.17) is 23.7 Å². The maximum Gasteiger partial charge on any atom is 0.329 e. The molecule has 1 saturated carbocycles. The predicted octanol–water partition coefficient (Wildman–Crippen LogP) is 4.65. The van der Waals surface area contributed by atoms with Gasteiger partial charge in [-0.05, 0) is 61.8 Å². The minimum atomic E-state index is -0.564. The average Bonchev–Trinajstić information content (AvgIpc) is 2.94. The van der Waals surface area contributed by atoms with Crippen LogP contribution in [0.25, 0.3) is 0 Å². The third-order valence-electron chi connectivity index (χ3n) is 7.67. The lowest BCUT2D eigenvalue weighted by Gasteiger charge is -2.39. The molecule has 0 unspecified atom stereocenters. The highest BCUT2D eigenvalue weighted by Crippen LogP contribution is 2.45. The number of hydrogen-bond donors (Lipinski definition) is 0. The Morgan fingerprint density at radius 1 is 0.811 bits per heavy atom. The van der Waals surface area contributed by atoms with Crippen molar-refractivity contribution in [1.29, 1.82) is 0 Å². The van der Waals surface area contributed by atoms with E-state index in [1.807, 2.05) is 18.2 Å². The van der Waals surface area contributed by atoms with E-state index in [2.05, 4.69) is 0 Å². The molecule has 1 saturated heterocycles. The summed E-state index contributed by atoms with van der Waals surface area (Å²) in [4.78, 5) is 29.2. The Morgan fingerprint density at radius 3 is 2.24 bits per heavy atom. The standard InChI is InChI=1S/C29H41NO7/c1-33-24-19-22-20-25(34-2)27(24)36-18-10-16-35-15-8-9-17-37-29(32)23-13-6-7-14-30(23)28(31)26(22)21-11-4-3-5-12-21/h8-9,19-21,23,26H,3-7,10-18H2,1-2H3/b9-8+/t23-,26-/m0/s1. The number of fused-ring (bicyclic) bond motifs is 12. The maximum atomic E-state index is 14.3. The predicted molar refractivity (Wildman–Crippen MR) is 139 cm³/mol. The number of rotatable bonds is 3. The number of methoxy groups -OCH3 is 2. The van der Waals surface area contributed by atoms with E-state index in [0.717, 1.165) is 44.1 Å². The molecule has 0 radical (unpaired) electrons. The second kappa shape index (κ2) is 13.7. The quantitative estimate of drug-likeness (QED) is 0.428. The molecule has 1 aliphatic carbocycles. The molecule has 204 valence electrons. The molecule has 3 aliphatic heterocycles. The fraction of sp³-hybridized carbons (Fsp3) is 0.655. The van der Waals surface area contributed by atoms with Crippen molar-refractivity contribution in [3.63, 3.8) is 0 Å². The maximum absolute atomic E-state index is 14.3. The first-order valence-electron chi connectivity index (χ1n) is 13.7. The van der Waals surface area contributed by atoms with Gasteiger partial charge in [-0.25, -0.2) is 4.79 Å². The Bertz CT molecular complexity index is 915. The van der Waals surface area contributed by atoms with Crippen molar-refractivity contribution >= 4 is 11.9 Å². The van der Waals surface area contributed by atoms with Crippen molar-refractivity contribution < 1.29 is 33.3 Å². The largest absolute Gasteiger partial charge is 0.493 e. The molecule has 5 rings (SSSR count). The first-order valence-corrected chi connectivity index (χ1v) is 13.7. The van der Waals surface area contributed by atoms with E-state index in [1.54, 1.807) is 25.2 Å². The number of hydrogen-bond acceptors (Lipinski definition) is 7. The summed E-state index contributed by atoms with van der Waals surface area (Å²) in [7, 11) is 3.20. The summed E-state index contributed by atoms with van der Waals surface area (Å²) in [5.74, 6) is 1.07. The monoisotopic (exact) mass is 515 g/mol. The van der Waals surface area contributed by atoms with Gasteiger partial charge in [0, 0.05) is 13.0 Å². The van der Waals surface area contributed by atoms with E-state index in [-0.39, 0.29) is 30.3 Å². The Morgan fingerprint density at radius 2 is 1.51 bits per heavy atom. The summed E-state index contributed by atoms with van der Waals surface area (Å²) in [6.45, 7) is 2.12. The van der Waals surface area contributed by atoms with Gasteiger partial charge < -0.3 is 28.6 Å². The number of benzene rings is 1. The van der Waals surface area contributed by atoms with Crippen molar-refractivity contribution in [2.24, 2.45) is 5.92 Å². The smallest absolute Gasteiger partial charge is 0.329 e. The van der Waals surface area contributed by atoms with E-state index >= 15 is 0 Å². The molecule has 1 amide bonds. The van der Waals surface area contributed by atoms with Crippen molar-refractivity contribution in [2.75, 3.05) is 47.2 Å². The Balaban J connectivity index is 1.74. The third kappa shape index (κ3) is 6.78. The second-order valence-electron chi connectivity index (χ2n) is 10.1. The lowest BCUT2D eigenvalue weighted by Crippen LogP contribution is -2.51. The molecule has 8 nitrogen and oxygen atoms in total. The fourth-order valence-corrected chi connectivity index (χ4v) is 5.77. The van der Waals surface area contributed by atoms with E-state index in [9.17, 15) is 9.59 Å². The van der Waals surface area contributed by atoms with Gasteiger partial charge in [-0.1, -0.05) is 25.3 Å². The lowest BCUT2D eigenvalue weighted by molar-refractivity contribution is -0.157. The zero-order valence-corrected chi connectivity index (χ0v) is 22.2. The van der Waals surface area contributed by atoms with E-state index < -0.39 is 6.04 Å². The highest BCUT2D eigenvalue weighted by atomic mass is 16.5. The van der Waals surface area contributed by atoms with Gasteiger partial charge in [-0.15, -0.1) is 0 Å². The van der Waals surface area contributed by atoms with Crippen LogP contribution in [0.4, 0.5) is 0 Å². The van der Waals surface area contributed by atoms with Crippen LogP contribution in [0.3, 0.4) is 0 Å². The molecular formula is C29H41NO7. The summed E-state index contributed by atoms with van der Waals surface area (Å²) in [5, 5.41) is 0. The van der Waals surface area contributed by atoms with Gasteiger partial charge in [0.25, 0.3) is 0 Å². The van der Waals surface area contributed by atoms with E-state index in [0.29, 0.717) is 56.5 Å². The topological polar surface area (TPSA) is 83.5 Å². The van der Waals surface area contributed by atoms with Gasteiger partial charge in [-0.3, -0.25) is 4.79 Å². The minimum absolute atomic E-state index is 0.00631. The van der Waals surface area contributed by atoms with Crippen molar-refractivity contribution in [1.82, 2.24) is 4.90 Å². The zero-order chi connectivity index (χ0) is 26.0. The normalized spacial score (nSPS) is 25.6. The highest BCUT2D eigenvalue weighted by molar-refractivity contribution is 5.89. The van der Waals surface area contributed by atoms with Crippen LogP contribution in [0.15, 0.2) is 24.3 Å². The van der Waals surface area contributed by atoms with Gasteiger partial charge in [0.1, 0.15) is 12.6 Å². The number of nitrogens with zero attached hydrogens (tertiary/aromatic N) is 1. The second-order valence-corrected chi connectivity index (χ2v) is 10.1. The van der Waals surface area contributed by atoms with Crippen molar-refractivity contribution in [3.05, 3.63) is 29.8 Å². The Labute approximate surface area is 220 Å². The van der Waals surface area contributed by atoms with Crippen LogP contribution in [0.1, 0.15) is 69.3 Å². The molecule has 37 heavy (non-hydrogen) atoms. The molecule has 2 bridgehead atoms. The van der Waals surface area contributed by atoms with Crippen LogP contribution in [-0.4, -0.2) is 70.0 Å². The zero-order valence-electron chi connectivity index (χ0n) is 22.2. The number of esters is 1. The molecule has 1 aromatic rings. The summed E-state index contributed by atoms with van der Waals surface area (Å²) in [6.07, 6.45) is 12.1. The van der Waals surface area contributed by atoms with Crippen LogP contribution in [0, 0.1) is 5.92 Å². The number of piperidine rings is 1.